The molecule has 4 aromatic heterocycles. The molecule has 1 aliphatic heterocycles. The normalized spacial score (nSPS) is 17.7. The second-order valence-electron chi connectivity index (χ2n) is 10.7. The minimum Gasteiger partial charge on any atom is -0.337 e. The highest BCUT2D eigenvalue weighted by molar-refractivity contribution is 5.93. The minimum atomic E-state index is -0.139. The van der Waals surface area contributed by atoms with Gasteiger partial charge in [0.1, 0.15) is 11.3 Å². The number of aromatic amines is 2. The van der Waals surface area contributed by atoms with Crippen molar-refractivity contribution in [3.8, 4) is 22.8 Å². The Labute approximate surface area is 235 Å². The van der Waals surface area contributed by atoms with Crippen molar-refractivity contribution in [3.05, 3.63) is 78.4 Å². The van der Waals surface area contributed by atoms with E-state index in [1.54, 1.807) is 18.5 Å². The molecule has 1 amide bonds. The lowest BCUT2D eigenvalue weighted by atomic mass is 9.91. The average molecular weight is 549 g/mol. The first-order valence-corrected chi connectivity index (χ1v) is 13.9. The summed E-state index contributed by atoms with van der Waals surface area (Å²) < 4.78 is 14.0. The number of hydrogen-bond acceptors (Lipinski definition) is 6. The van der Waals surface area contributed by atoms with Crippen molar-refractivity contribution in [2.45, 2.75) is 31.6 Å². The number of rotatable bonds is 6. The molecule has 7 rings (SSSR count). The smallest absolute Gasteiger partial charge is 0.224 e. The quantitative estimate of drug-likeness (QED) is 0.213. The fraction of sp³-hybridized carbons (Fsp3) is 0.258. The third kappa shape index (κ3) is 5.14. The van der Waals surface area contributed by atoms with Gasteiger partial charge >= 0.3 is 0 Å². The maximum Gasteiger partial charge on any atom is 0.224 e. The zero-order valence-electron chi connectivity index (χ0n) is 22.3. The number of nitrogens with zero attached hydrogens (tertiary/aromatic N) is 4. The zero-order chi connectivity index (χ0) is 27.8. The molecule has 0 spiro atoms. The number of imidazole rings is 1. The molecule has 1 aliphatic carbocycles. The van der Waals surface area contributed by atoms with Crippen LogP contribution in [0.15, 0.2) is 72.8 Å². The van der Waals surface area contributed by atoms with Gasteiger partial charge < -0.3 is 15.6 Å². The van der Waals surface area contributed by atoms with Crippen LogP contribution >= 0.6 is 0 Å². The molecule has 5 aromatic rings. The van der Waals surface area contributed by atoms with Crippen molar-refractivity contribution in [2.75, 3.05) is 18.4 Å². The Balaban J connectivity index is 1.17. The second kappa shape index (κ2) is 10.7. The Bertz CT molecular complexity index is 1810. The predicted octanol–water partition coefficient (Wildman–Crippen LogP) is 5.79. The molecule has 4 N–H and O–H groups in total. The maximum absolute atomic E-state index is 14.0. The van der Waals surface area contributed by atoms with E-state index in [0.29, 0.717) is 47.2 Å². The summed E-state index contributed by atoms with van der Waals surface area (Å²) in [6.45, 7) is 1.92. The third-order valence-corrected chi connectivity index (χ3v) is 7.86. The van der Waals surface area contributed by atoms with Crippen molar-refractivity contribution < 1.29 is 9.18 Å². The van der Waals surface area contributed by atoms with Crippen LogP contribution in [0.1, 0.15) is 37.2 Å². The number of hydrogen-bond donors (Lipinski definition) is 4. The van der Waals surface area contributed by atoms with Crippen LogP contribution in [0.5, 0.6) is 0 Å². The number of para-hydroxylation sites is 1. The summed E-state index contributed by atoms with van der Waals surface area (Å²) in [5.74, 6) is 0.766. The number of allylic oxidation sites excluding steroid dienone is 4. The van der Waals surface area contributed by atoms with Crippen LogP contribution in [-0.4, -0.2) is 49.1 Å². The number of pyridine rings is 2. The first kappa shape index (κ1) is 25.3. The van der Waals surface area contributed by atoms with Gasteiger partial charge in [-0.15, -0.1) is 0 Å². The van der Waals surface area contributed by atoms with E-state index in [-0.39, 0.29) is 17.7 Å². The maximum atomic E-state index is 14.0. The topological polar surface area (TPSA) is 124 Å². The van der Waals surface area contributed by atoms with E-state index in [2.05, 4.69) is 30.8 Å². The van der Waals surface area contributed by atoms with Crippen LogP contribution in [0, 0.1) is 5.92 Å². The summed E-state index contributed by atoms with van der Waals surface area (Å²) in [7, 11) is 0. The summed E-state index contributed by atoms with van der Waals surface area (Å²) >= 11 is 0. The molecule has 1 unspecified atom stereocenters. The molecule has 9 nitrogen and oxygen atoms in total. The molecular formula is C31H29FN8O. The van der Waals surface area contributed by atoms with Gasteiger partial charge in [0.05, 0.1) is 34.1 Å². The van der Waals surface area contributed by atoms with E-state index in [4.69, 9.17) is 9.97 Å². The monoisotopic (exact) mass is 548 g/mol. The first-order valence-electron chi connectivity index (χ1n) is 13.9. The number of amides is 1. The van der Waals surface area contributed by atoms with Gasteiger partial charge in [-0.2, -0.15) is 5.10 Å². The number of anilines is 1. The molecule has 2 aliphatic rings. The average Bonchev–Trinajstić information content (AvgIpc) is 3.61. The van der Waals surface area contributed by atoms with Crippen molar-refractivity contribution in [1.82, 2.24) is 35.5 Å². The van der Waals surface area contributed by atoms with Crippen LogP contribution in [0.4, 0.5) is 10.1 Å². The van der Waals surface area contributed by atoms with Gasteiger partial charge in [0.2, 0.25) is 5.91 Å². The number of piperidine rings is 1. The molecule has 0 radical (unpaired) electrons. The van der Waals surface area contributed by atoms with Crippen LogP contribution in [0.2, 0.25) is 0 Å². The van der Waals surface area contributed by atoms with Gasteiger partial charge in [0.15, 0.2) is 11.5 Å². The number of nitrogens with one attached hydrogen (secondary N) is 4. The fourth-order valence-electron chi connectivity index (χ4n) is 5.75. The second-order valence-corrected chi connectivity index (χ2v) is 10.7. The van der Waals surface area contributed by atoms with E-state index in [9.17, 15) is 9.18 Å². The molecule has 206 valence electrons. The molecule has 1 saturated heterocycles. The van der Waals surface area contributed by atoms with Gasteiger partial charge in [-0.1, -0.05) is 24.3 Å². The highest BCUT2D eigenvalue weighted by Gasteiger charge is 2.21. The van der Waals surface area contributed by atoms with Crippen LogP contribution in [-0.2, 0) is 4.79 Å². The van der Waals surface area contributed by atoms with Crippen molar-refractivity contribution >= 4 is 33.7 Å². The SMILES string of the molecule is O=C(CC1CCNCC1)Nc1cncc(-c2ccc3[nH]nc(-c4nc5c(C6C=CC=C(F)C6)cccc5[nH]4)c3n2)c1. The summed E-state index contributed by atoms with van der Waals surface area (Å²) in [6, 6.07) is 11.6. The highest BCUT2D eigenvalue weighted by atomic mass is 19.1. The van der Waals surface area contributed by atoms with Crippen molar-refractivity contribution in [1.29, 1.82) is 0 Å². The molecule has 41 heavy (non-hydrogen) atoms. The largest absolute Gasteiger partial charge is 0.337 e. The molecule has 10 heteroatoms. The van der Waals surface area contributed by atoms with E-state index in [1.165, 1.54) is 6.08 Å². The standard InChI is InChI=1S/C31H29FN8O/c32-21-4-1-3-19(14-21)23-5-2-6-25-28(23)38-31(37-25)30-29-26(39-40-30)8-7-24(36-29)20-15-22(17-34-16-20)35-27(41)13-18-9-11-33-12-10-18/h1-8,15-19,33H,9-14H2,(H,35,41)(H,37,38)(H,39,40). The number of H-pyrrole nitrogens is 2. The van der Waals surface area contributed by atoms with Gasteiger partial charge in [-0.25, -0.2) is 14.4 Å². The summed E-state index contributed by atoms with van der Waals surface area (Å²) in [5.41, 5.74) is 6.75. The van der Waals surface area contributed by atoms with E-state index in [0.717, 1.165) is 53.6 Å². The summed E-state index contributed by atoms with van der Waals surface area (Å²) in [4.78, 5) is 30.2. The van der Waals surface area contributed by atoms with Gasteiger partial charge in [0, 0.05) is 30.5 Å². The number of benzene rings is 1. The Hall–Kier alpha value is -4.70. The number of carbonyl (C=O) groups is 1. The fourth-order valence-corrected chi connectivity index (χ4v) is 5.75. The number of aromatic nitrogens is 6. The lowest BCUT2D eigenvalue weighted by Crippen LogP contribution is -2.30. The van der Waals surface area contributed by atoms with E-state index < -0.39 is 0 Å². The Morgan fingerprint density at radius 2 is 1.95 bits per heavy atom. The van der Waals surface area contributed by atoms with Crippen LogP contribution in [0.25, 0.3) is 44.8 Å². The third-order valence-electron chi connectivity index (χ3n) is 7.86. The Morgan fingerprint density at radius 1 is 1.05 bits per heavy atom. The lowest BCUT2D eigenvalue weighted by Gasteiger charge is -2.21. The highest BCUT2D eigenvalue weighted by Crippen LogP contribution is 2.35. The number of halogens is 1. The molecular weight excluding hydrogens is 519 g/mol. The minimum absolute atomic E-state index is 0.00288. The molecule has 5 heterocycles. The zero-order valence-corrected chi connectivity index (χ0v) is 22.3. The molecule has 0 saturated carbocycles. The van der Waals surface area contributed by atoms with Gasteiger partial charge in [0.25, 0.3) is 0 Å². The summed E-state index contributed by atoms with van der Waals surface area (Å²) in [6.07, 6.45) is 11.5. The lowest BCUT2D eigenvalue weighted by molar-refractivity contribution is -0.117. The van der Waals surface area contributed by atoms with Gasteiger partial charge in [-0.3, -0.25) is 14.9 Å². The van der Waals surface area contributed by atoms with Crippen LogP contribution in [0.3, 0.4) is 0 Å². The number of carbonyl (C=O) groups excluding carboxylic acids is 1. The molecule has 1 aromatic carbocycles. The Kier molecular flexibility index (Phi) is 6.60. The molecule has 1 fully saturated rings. The van der Waals surface area contributed by atoms with E-state index >= 15 is 0 Å². The Morgan fingerprint density at radius 3 is 2.83 bits per heavy atom. The molecule has 1 atom stereocenters. The van der Waals surface area contributed by atoms with Crippen molar-refractivity contribution in [2.24, 2.45) is 5.92 Å². The van der Waals surface area contributed by atoms with E-state index in [1.807, 2.05) is 42.5 Å². The number of fused-ring (bicyclic) bond motifs is 2. The summed E-state index contributed by atoms with van der Waals surface area (Å²) in [5, 5.41) is 13.9. The first-order chi connectivity index (χ1) is 20.1. The van der Waals surface area contributed by atoms with Gasteiger partial charge in [-0.05, 0) is 67.8 Å². The molecule has 0 bridgehead atoms. The van der Waals surface area contributed by atoms with Crippen molar-refractivity contribution in [3.63, 3.8) is 0 Å². The predicted molar refractivity (Wildman–Crippen MR) is 157 cm³/mol. The van der Waals surface area contributed by atoms with Crippen LogP contribution < -0.4 is 10.6 Å².